The molecule has 0 radical (unpaired) electrons. The van der Waals surface area contributed by atoms with Crippen LogP contribution in [-0.2, 0) is 25.7 Å². The number of ether oxygens (including phenoxy) is 2. The lowest BCUT2D eigenvalue weighted by atomic mass is 10.2. The highest BCUT2D eigenvalue weighted by molar-refractivity contribution is 5.93. The van der Waals surface area contributed by atoms with Gasteiger partial charge in [0.2, 0.25) is 11.8 Å². The van der Waals surface area contributed by atoms with Crippen molar-refractivity contribution in [3.05, 3.63) is 48.2 Å². The number of hydrogen-bond donors (Lipinski definition) is 1. The third-order valence-corrected chi connectivity index (χ3v) is 3.29. The lowest BCUT2D eigenvalue weighted by Gasteiger charge is -2.21. The molecular formula is C17H21N3O5. The lowest BCUT2D eigenvalue weighted by Crippen LogP contribution is -2.41. The summed E-state index contributed by atoms with van der Waals surface area (Å²) in [6.07, 6.45) is 1.35. The summed E-state index contributed by atoms with van der Waals surface area (Å²) in [5, 5.41) is 6.14. The van der Waals surface area contributed by atoms with Crippen molar-refractivity contribution < 1.29 is 23.6 Å². The molecule has 0 fully saturated rings. The van der Waals surface area contributed by atoms with Gasteiger partial charge in [-0.3, -0.25) is 9.59 Å². The number of hydrogen-bond acceptors (Lipinski definition) is 6. The normalized spacial score (nSPS) is 10.4. The van der Waals surface area contributed by atoms with E-state index in [0.717, 1.165) is 5.56 Å². The fourth-order valence-electron chi connectivity index (χ4n) is 2.05. The smallest absolute Gasteiger partial charge is 0.249 e. The minimum absolute atomic E-state index is 0.115. The fourth-order valence-corrected chi connectivity index (χ4v) is 2.05. The second-order valence-corrected chi connectivity index (χ2v) is 5.22. The van der Waals surface area contributed by atoms with E-state index in [1.165, 1.54) is 24.3 Å². The topological polar surface area (TPSA) is 93.9 Å². The van der Waals surface area contributed by atoms with Crippen molar-refractivity contribution in [3.63, 3.8) is 0 Å². The average Bonchev–Trinajstić information content (AvgIpc) is 3.12. The molecule has 0 saturated carbocycles. The number of benzene rings is 1. The molecule has 8 heteroatoms. The van der Waals surface area contributed by atoms with Gasteiger partial charge in [0.25, 0.3) is 0 Å². The van der Waals surface area contributed by atoms with Crippen LogP contribution in [-0.4, -0.2) is 55.3 Å². The molecule has 0 unspecified atom stereocenters. The van der Waals surface area contributed by atoms with Gasteiger partial charge in [-0.05, 0) is 5.56 Å². The Morgan fingerprint density at radius 1 is 1.24 bits per heavy atom. The fraction of sp³-hybridized carbons (Fsp3) is 0.353. The van der Waals surface area contributed by atoms with Gasteiger partial charge < -0.3 is 24.2 Å². The van der Waals surface area contributed by atoms with Crippen molar-refractivity contribution in [3.8, 4) is 0 Å². The maximum absolute atomic E-state index is 12.3. The van der Waals surface area contributed by atoms with Crippen LogP contribution in [0.3, 0.4) is 0 Å². The summed E-state index contributed by atoms with van der Waals surface area (Å²) in [7, 11) is 1.53. The van der Waals surface area contributed by atoms with E-state index in [9.17, 15) is 9.59 Å². The standard InChI is InChI=1S/C17H21N3O5/c1-23-10-8-20(11-16(21)18-15-7-9-25-19-15)17(22)13-24-12-14-5-3-2-4-6-14/h2-7,9H,8,10-13H2,1H3,(H,18,19,21). The Morgan fingerprint density at radius 2 is 2.04 bits per heavy atom. The first-order valence-electron chi connectivity index (χ1n) is 7.77. The minimum Gasteiger partial charge on any atom is -0.383 e. The summed E-state index contributed by atoms with van der Waals surface area (Å²) < 4.78 is 15.1. The van der Waals surface area contributed by atoms with Gasteiger partial charge in [0, 0.05) is 19.7 Å². The molecule has 0 bridgehead atoms. The van der Waals surface area contributed by atoms with E-state index in [2.05, 4.69) is 15.0 Å². The molecule has 0 aliphatic heterocycles. The molecule has 0 aliphatic carbocycles. The summed E-state index contributed by atoms with van der Waals surface area (Å²) in [5.41, 5.74) is 0.975. The van der Waals surface area contributed by atoms with Crippen LogP contribution in [0.4, 0.5) is 5.82 Å². The molecule has 2 rings (SSSR count). The van der Waals surface area contributed by atoms with E-state index in [-0.39, 0.29) is 31.5 Å². The van der Waals surface area contributed by atoms with E-state index in [4.69, 9.17) is 9.47 Å². The SMILES string of the molecule is COCCN(CC(=O)Nc1ccon1)C(=O)COCc1ccccc1. The minimum atomic E-state index is -0.374. The molecule has 134 valence electrons. The summed E-state index contributed by atoms with van der Waals surface area (Å²) in [6.45, 7) is 0.702. The van der Waals surface area contributed by atoms with Gasteiger partial charge in [-0.25, -0.2) is 0 Å². The first-order valence-corrected chi connectivity index (χ1v) is 7.77. The molecule has 0 spiro atoms. The Kier molecular flexibility index (Phi) is 7.61. The van der Waals surface area contributed by atoms with Crippen molar-refractivity contribution in [2.45, 2.75) is 6.61 Å². The Hall–Kier alpha value is -2.71. The second-order valence-electron chi connectivity index (χ2n) is 5.22. The molecule has 1 N–H and O–H groups in total. The number of amides is 2. The number of anilines is 1. The number of methoxy groups -OCH3 is 1. The summed E-state index contributed by atoms with van der Waals surface area (Å²) in [5.74, 6) is -0.367. The highest BCUT2D eigenvalue weighted by atomic mass is 16.5. The van der Waals surface area contributed by atoms with Crippen molar-refractivity contribution in [2.24, 2.45) is 0 Å². The van der Waals surface area contributed by atoms with E-state index in [0.29, 0.717) is 19.0 Å². The predicted molar refractivity (Wildman–Crippen MR) is 89.7 cm³/mol. The number of carbonyl (C=O) groups excluding carboxylic acids is 2. The number of rotatable bonds is 10. The van der Waals surface area contributed by atoms with Crippen LogP contribution in [0.1, 0.15) is 5.56 Å². The predicted octanol–water partition coefficient (Wildman–Crippen LogP) is 1.30. The molecule has 0 aliphatic rings. The molecule has 25 heavy (non-hydrogen) atoms. The maximum atomic E-state index is 12.3. The largest absolute Gasteiger partial charge is 0.383 e. The number of aromatic nitrogens is 1. The quantitative estimate of drug-likeness (QED) is 0.696. The van der Waals surface area contributed by atoms with E-state index < -0.39 is 0 Å². The van der Waals surface area contributed by atoms with Gasteiger partial charge in [-0.1, -0.05) is 35.5 Å². The van der Waals surface area contributed by atoms with Gasteiger partial charge in [0.1, 0.15) is 19.4 Å². The molecular weight excluding hydrogens is 326 g/mol. The Morgan fingerprint density at radius 3 is 2.72 bits per heavy atom. The molecule has 1 aromatic carbocycles. The highest BCUT2D eigenvalue weighted by Crippen LogP contribution is 2.03. The van der Waals surface area contributed by atoms with E-state index in [1.807, 2.05) is 30.3 Å². The van der Waals surface area contributed by atoms with Crippen molar-refractivity contribution >= 4 is 17.6 Å². The van der Waals surface area contributed by atoms with Crippen LogP contribution in [0, 0.1) is 0 Å². The lowest BCUT2D eigenvalue weighted by molar-refractivity contribution is -0.139. The van der Waals surface area contributed by atoms with Gasteiger partial charge in [0.05, 0.1) is 13.2 Å². The molecule has 2 amide bonds. The van der Waals surface area contributed by atoms with E-state index >= 15 is 0 Å². The van der Waals surface area contributed by atoms with Gasteiger partial charge in [-0.15, -0.1) is 0 Å². The Balaban J connectivity index is 1.82. The number of carbonyl (C=O) groups is 2. The van der Waals surface area contributed by atoms with Crippen LogP contribution in [0.15, 0.2) is 47.2 Å². The number of nitrogens with one attached hydrogen (secondary N) is 1. The third kappa shape index (κ3) is 6.74. The molecule has 1 heterocycles. The average molecular weight is 347 g/mol. The molecule has 1 aromatic heterocycles. The molecule has 8 nitrogen and oxygen atoms in total. The summed E-state index contributed by atoms with van der Waals surface area (Å²) >= 11 is 0. The van der Waals surface area contributed by atoms with Crippen LogP contribution >= 0.6 is 0 Å². The van der Waals surface area contributed by atoms with Gasteiger partial charge in [0.15, 0.2) is 5.82 Å². The van der Waals surface area contributed by atoms with Gasteiger partial charge in [-0.2, -0.15) is 0 Å². The van der Waals surface area contributed by atoms with Crippen molar-refractivity contribution in [2.75, 3.05) is 38.7 Å². The van der Waals surface area contributed by atoms with Crippen molar-refractivity contribution in [1.82, 2.24) is 10.1 Å². The monoisotopic (exact) mass is 347 g/mol. The zero-order valence-corrected chi connectivity index (χ0v) is 14.0. The number of nitrogens with zero attached hydrogens (tertiary/aromatic N) is 2. The molecule has 0 saturated heterocycles. The van der Waals surface area contributed by atoms with Crippen LogP contribution in [0.5, 0.6) is 0 Å². The zero-order chi connectivity index (χ0) is 17.9. The van der Waals surface area contributed by atoms with Crippen LogP contribution < -0.4 is 5.32 Å². The van der Waals surface area contributed by atoms with Crippen molar-refractivity contribution in [1.29, 1.82) is 0 Å². The third-order valence-electron chi connectivity index (χ3n) is 3.29. The summed E-state index contributed by atoms with van der Waals surface area (Å²) in [4.78, 5) is 25.7. The zero-order valence-electron chi connectivity index (χ0n) is 14.0. The Bertz CT molecular complexity index is 646. The van der Waals surface area contributed by atoms with Gasteiger partial charge >= 0.3 is 0 Å². The van der Waals surface area contributed by atoms with E-state index in [1.54, 1.807) is 0 Å². The van der Waals surface area contributed by atoms with Crippen LogP contribution in [0.25, 0.3) is 0 Å². The highest BCUT2D eigenvalue weighted by Gasteiger charge is 2.18. The molecule has 0 atom stereocenters. The first kappa shape index (κ1) is 18.6. The summed E-state index contributed by atoms with van der Waals surface area (Å²) in [6, 6.07) is 11.1. The molecule has 2 aromatic rings. The Labute approximate surface area is 145 Å². The maximum Gasteiger partial charge on any atom is 0.249 e. The second kappa shape index (κ2) is 10.2. The van der Waals surface area contributed by atoms with Crippen LogP contribution in [0.2, 0.25) is 0 Å². The first-order chi connectivity index (χ1) is 12.2.